The molecule has 1 aromatic heterocycles. The van der Waals surface area contributed by atoms with E-state index in [1.165, 1.54) is 0 Å². The number of hydrogen-bond acceptors (Lipinski definition) is 3. The van der Waals surface area contributed by atoms with Gasteiger partial charge in [-0.05, 0) is 47.0 Å². The highest BCUT2D eigenvalue weighted by Gasteiger charge is 2.05. The summed E-state index contributed by atoms with van der Waals surface area (Å²) in [4.78, 5) is 4.52. The molecule has 0 amide bonds. The molecule has 1 N–H and O–H groups in total. The number of fused-ring (bicyclic) bond motifs is 1. The summed E-state index contributed by atoms with van der Waals surface area (Å²) in [5.41, 5.74) is 4.73. The quantitative estimate of drug-likeness (QED) is 0.553. The average molecular weight is 313 g/mol. The Bertz CT molecular complexity index is 1020. The van der Waals surface area contributed by atoms with Gasteiger partial charge < -0.3 is 9.52 Å². The second-order valence-corrected chi connectivity index (χ2v) is 5.53. The van der Waals surface area contributed by atoms with E-state index in [1.54, 1.807) is 24.3 Å². The number of aromatic hydroxyl groups is 1. The van der Waals surface area contributed by atoms with Gasteiger partial charge in [-0.1, -0.05) is 48.5 Å². The van der Waals surface area contributed by atoms with Crippen LogP contribution in [0.2, 0.25) is 0 Å². The van der Waals surface area contributed by atoms with E-state index >= 15 is 0 Å². The molecule has 0 aliphatic carbocycles. The summed E-state index contributed by atoms with van der Waals surface area (Å²) in [6.45, 7) is 0. The van der Waals surface area contributed by atoms with Crippen molar-refractivity contribution in [3.05, 3.63) is 84.3 Å². The lowest BCUT2D eigenvalue weighted by molar-refractivity contribution is 0.475. The maximum atomic E-state index is 9.49. The highest BCUT2D eigenvalue weighted by Crippen LogP contribution is 2.25. The predicted molar refractivity (Wildman–Crippen MR) is 96.5 cm³/mol. The van der Waals surface area contributed by atoms with Crippen molar-refractivity contribution in [1.82, 2.24) is 4.98 Å². The summed E-state index contributed by atoms with van der Waals surface area (Å²) in [6, 6.07) is 23.2. The van der Waals surface area contributed by atoms with E-state index < -0.39 is 0 Å². The number of hydrogen-bond donors (Lipinski definition) is 1. The van der Waals surface area contributed by atoms with Gasteiger partial charge in [-0.15, -0.1) is 0 Å². The Morgan fingerprint density at radius 2 is 1.67 bits per heavy atom. The fraction of sp³-hybridized carbons (Fsp3) is 0. The molecule has 4 aromatic rings. The van der Waals surface area contributed by atoms with Gasteiger partial charge in [-0.25, -0.2) is 4.98 Å². The molecule has 0 saturated carbocycles. The van der Waals surface area contributed by atoms with E-state index in [0.29, 0.717) is 5.89 Å². The van der Waals surface area contributed by atoms with Crippen LogP contribution in [0.4, 0.5) is 0 Å². The van der Waals surface area contributed by atoms with Crippen molar-refractivity contribution in [3.8, 4) is 16.9 Å². The van der Waals surface area contributed by atoms with Gasteiger partial charge in [0.15, 0.2) is 5.58 Å². The molecule has 0 spiro atoms. The molecular formula is C21H15NO2. The summed E-state index contributed by atoms with van der Waals surface area (Å²) in [5.74, 6) is 0.778. The van der Waals surface area contributed by atoms with Crippen molar-refractivity contribution in [2.24, 2.45) is 0 Å². The van der Waals surface area contributed by atoms with Gasteiger partial charge in [-0.3, -0.25) is 0 Å². The molecule has 0 aliphatic heterocycles. The van der Waals surface area contributed by atoms with Gasteiger partial charge in [-0.2, -0.15) is 0 Å². The molecule has 3 heteroatoms. The molecule has 0 atom stereocenters. The highest BCUT2D eigenvalue weighted by atomic mass is 16.3. The molecule has 0 bridgehead atoms. The van der Waals surface area contributed by atoms with E-state index in [1.807, 2.05) is 48.5 Å². The Morgan fingerprint density at radius 3 is 2.50 bits per heavy atom. The highest BCUT2D eigenvalue weighted by molar-refractivity contribution is 5.82. The Labute approximate surface area is 139 Å². The molecule has 0 saturated heterocycles. The standard InChI is InChI=1S/C21H15NO2/c23-18-8-4-5-15(13-18)9-12-21-22-19-14-17(10-11-20(19)24-21)16-6-2-1-3-7-16/h1-14,23H/b12-9+. The van der Waals surface area contributed by atoms with Gasteiger partial charge in [0.2, 0.25) is 5.89 Å². The van der Waals surface area contributed by atoms with Gasteiger partial charge in [0.05, 0.1) is 0 Å². The first-order valence-electron chi connectivity index (χ1n) is 7.71. The third-order valence-corrected chi connectivity index (χ3v) is 3.80. The summed E-state index contributed by atoms with van der Waals surface area (Å²) in [6.07, 6.45) is 3.67. The normalized spacial score (nSPS) is 11.3. The molecule has 116 valence electrons. The number of phenols is 1. The average Bonchev–Trinajstić information content (AvgIpc) is 3.03. The maximum absolute atomic E-state index is 9.49. The first-order valence-corrected chi connectivity index (χ1v) is 7.71. The Kier molecular flexibility index (Phi) is 3.60. The number of benzene rings is 3. The van der Waals surface area contributed by atoms with Crippen LogP contribution in [0.3, 0.4) is 0 Å². The molecule has 3 nitrogen and oxygen atoms in total. The fourth-order valence-corrected chi connectivity index (χ4v) is 2.62. The van der Waals surface area contributed by atoms with E-state index in [0.717, 1.165) is 27.8 Å². The third-order valence-electron chi connectivity index (χ3n) is 3.80. The number of rotatable bonds is 3. The fourth-order valence-electron chi connectivity index (χ4n) is 2.62. The van der Waals surface area contributed by atoms with Crippen LogP contribution < -0.4 is 0 Å². The second-order valence-electron chi connectivity index (χ2n) is 5.53. The van der Waals surface area contributed by atoms with Crippen LogP contribution in [-0.2, 0) is 0 Å². The summed E-state index contributed by atoms with van der Waals surface area (Å²) < 4.78 is 5.75. The zero-order valence-electron chi connectivity index (χ0n) is 12.9. The number of phenolic OH excluding ortho intramolecular Hbond substituents is 1. The maximum Gasteiger partial charge on any atom is 0.220 e. The topological polar surface area (TPSA) is 46.3 Å². The van der Waals surface area contributed by atoms with Crippen LogP contribution in [0, 0.1) is 0 Å². The molecular weight excluding hydrogens is 298 g/mol. The Balaban J connectivity index is 1.66. The molecule has 0 radical (unpaired) electrons. The molecule has 1 heterocycles. The van der Waals surface area contributed by atoms with Crippen LogP contribution in [0.25, 0.3) is 34.4 Å². The largest absolute Gasteiger partial charge is 0.508 e. The van der Waals surface area contributed by atoms with Crippen LogP contribution in [0.1, 0.15) is 11.5 Å². The van der Waals surface area contributed by atoms with Gasteiger partial charge in [0.1, 0.15) is 11.3 Å². The van der Waals surface area contributed by atoms with Gasteiger partial charge in [0, 0.05) is 6.08 Å². The van der Waals surface area contributed by atoms with Gasteiger partial charge >= 0.3 is 0 Å². The van der Waals surface area contributed by atoms with Crippen LogP contribution in [0.15, 0.2) is 77.2 Å². The lowest BCUT2D eigenvalue weighted by Crippen LogP contribution is -1.77. The van der Waals surface area contributed by atoms with Crippen LogP contribution in [0.5, 0.6) is 5.75 Å². The molecule has 4 rings (SSSR count). The zero-order valence-corrected chi connectivity index (χ0v) is 12.9. The monoisotopic (exact) mass is 313 g/mol. The molecule has 0 unspecified atom stereocenters. The van der Waals surface area contributed by atoms with Crippen molar-refractivity contribution in [1.29, 1.82) is 0 Å². The van der Waals surface area contributed by atoms with Crippen molar-refractivity contribution in [2.45, 2.75) is 0 Å². The zero-order chi connectivity index (χ0) is 16.4. The smallest absolute Gasteiger partial charge is 0.220 e. The summed E-state index contributed by atoms with van der Waals surface area (Å²) >= 11 is 0. The first-order chi connectivity index (χ1) is 11.8. The van der Waals surface area contributed by atoms with Crippen molar-refractivity contribution < 1.29 is 9.52 Å². The second kappa shape index (κ2) is 6.05. The Hall–Kier alpha value is -3.33. The Morgan fingerprint density at radius 1 is 0.792 bits per heavy atom. The first kappa shape index (κ1) is 14.3. The van der Waals surface area contributed by atoms with Gasteiger partial charge in [0.25, 0.3) is 0 Å². The van der Waals surface area contributed by atoms with Crippen LogP contribution in [-0.4, -0.2) is 10.1 Å². The number of nitrogens with zero attached hydrogens (tertiary/aromatic N) is 1. The molecule has 24 heavy (non-hydrogen) atoms. The van der Waals surface area contributed by atoms with Crippen LogP contribution >= 0.6 is 0 Å². The third kappa shape index (κ3) is 2.92. The number of aromatic nitrogens is 1. The number of oxazole rings is 1. The van der Waals surface area contributed by atoms with Crippen molar-refractivity contribution >= 4 is 23.3 Å². The minimum Gasteiger partial charge on any atom is -0.508 e. The lowest BCUT2D eigenvalue weighted by atomic mass is 10.1. The summed E-state index contributed by atoms with van der Waals surface area (Å²) in [5, 5.41) is 9.49. The lowest BCUT2D eigenvalue weighted by Gasteiger charge is -1.99. The summed E-state index contributed by atoms with van der Waals surface area (Å²) in [7, 11) is 0. The van der Waals surface area contributed by atoms with E-state index in [9.17, 15) is 5.11 Å². The van der Waals surface area contributed by atoms with Crippen molar-refractivity contribution in [3.63, 3.8) is 0 Å². The molecule has 0 aliphatic rings. The SMILES string of the molecule is Oc1cccc(/C=C/c2nc3cc(-c4ccccc4)ccc3o2)c1. The van der Waals surface area contributed by atoms with E-state index in [4.69, 9.17) is 4.42 Å². The minimum atomic E-state index is 0.238. The minimum absolute atomic E-state index is 0.238. The van der Waals surface area contributed by atoms with E-state index in [-0.39, 0.29) is 5.75 Å². The predicted octanol–water partition coefficient (Wildman–Crippen LogP) is 5.37. The molecule has 3 aromatic carbocycles. The van der Waals surface area contributed by atoms with Crippen molar-refractivity contribution in [2.75, 3.05) is 0 Å². The van der Waals surface area contributed by atoms with E-state index in [2.05, 4.69) is 17.1 Å². The molecule has 0 fully saturated rings.